The molecule has 0 saturated heterocycles. The first-order valence-corrected chi connectivity index (χ1v) is 8.49. The second-order valence-electron chi connectivity index (χ2n) is 4.42. The van der Waals surface area contributed by atoms with E-state index >= 15 is 0 Å². The van der Waals surface area contributed by atoms with Crippen LogP contribution in [0.5, 0.6) is 5.75 Å². The Balaban J connectivity index is 2.20. The molecule has 0 aliphatic rings. The maximum Gasteiger partial charge on any atom is 0.133 e. The van der Waals surface area contributed by atoms with E-state index in [9.17, 15) is 0 Å². The van der Waals surface area contributed by atoms with Gasteiger partial charge in [-0.3, -0.25) is 0 Å². The van der Waals surface area contributed by atoms with Crippen LogP contribution in [0.3, 0.4) is 0 Å². The summed E-state index contributed by atoms with van der Waals surface area (Å²) in [5, 5.41) is 6.38. The average Bonchev–Trinajstić information content (AvgIpc) is 2.85. The van der Waals surface area contributed by atoms with E-state index in [1.165, 1.54) is 10.4 Å². The van der Waals surface area contributed by atoms with Gasteiger partial charge in [0.2, 0.25) is 0 Å². The molecule has 1 aromatic heterocycles. The number of benzene rings is 1. The fourth-order valence-electron chi connectivity index (χ4n) is 2.13. The lowest BCUT2D eigenvalue weighted by atomic mass is 10.0. The SMILES string of the molecule is CCNC(Cc1ccc(OC)c(Br)c1)c1sccc1Cl. The fraction of sp³-hybridized carbons (Fsp3) is 0.333. The van der Waals surface area contributed by atoms with Crippen molar-refractivity contribution in [3.8, 4) is 5.75 Å². The number of likely N-dealkylation sites (N-methyl/N-ethyl adjacent to an activating group) is 1. The van der Waals surface area contributed by atoms with Crippen LogP contribution in [0.15, 0.2) is 34.1 Å². The van der Waals surface area contributed by atoms with Gasteiger partial charge in [0.05, 0.1) is 16.6 Å². The van der Waals surface area contributed by atoms with E-state index in [-0.39, 0.29) is 6.04 Å². The third-order valence-corrected chi connectivity index (χ3v) is 5.16. The smallest absolute Gasteiger partial charge is 0.133 e. The van der Waals surface area contributed by atoms with Crippen LogP contribution in [0.4, 0.5) is 0 Å². The molecule has 1 heterocycles. The lowest BCUT2D eigenvalue weighted by Gasteiger charge is -2.18. The number of ether oxygens (including phenoxy) is 1. The van der Waals surface area contributed by atoms with E-state index < -0.39 is 0 Å². The van der Waals surface area contributed by atoms with E-state index in [0.29, 0.717) is 0 Å². The van der Waals surface area contributed by atoms with Crippen molar-refractivity contribution in [2.75, 3.05) is 13.7 Å². The largest absolute Gasteiger partial charge is 0.496 e. The summed E-state index contributed by atoms with van der Waals surface area (Å²) in [6, 6.07) is 8.38. The molecule has 0 amide bonds. The van der Waals surface area contributed by atoms with Gasteiger partial charge in [-0.1, -0.05) is 24.6 Å². The lowest BCUT2D eigenvalue weighted by molar-refractivity contribution is 0.412. The molecule has 1 N–H and O–H groups in total. The summed E-state index contributed by atoms with van der Waals surface area (Å²) in [5.41, 5.74) is 1.24. The van der Waals surface area contributed by atoms with Crippen molar-refractivity contribution in [2.24, 2.45) is 0 Å². The molecule has 1 unspecified atom stereocenters. The van der Waals surface area contributed by atoms with Crippen molar-refractivity contribution in [3.63, 3.8) is 0 Å². The third-order valence-electron chi connectivity index (χ3n) is 3.07. The first-order chi connectivity index (χ1) is 9.65. The molecule has 2 aromatic rings. The zero-order valence-corrected chi connectivity index (χ0v) is 14.6. The van der Waals surface area contributed by atoms with Crippen molar-refractivity contribution >= 4 is 38.9 Å². The van der Waals surface area contributed by atoms with Crippen LogP contribution >= 0.6 is 38.9 Å². The Labute approximate surface area is 137 Å². The van der Waals surface area contributed by atoms with E-state index in [4.69, 9.17) is 16.3 Å². The van der Waals surface area contributed by atoms with Crippen molar-refractivity contribution in [3.05, 3.63) is 49.6 Å². The molecule has 0 spiro atoms. The first-order valence-electron chi connectivity index (χ1n) is 6.44. The number of rotatable bonds is 6. The first kappa shape index (κ1) is 15.8. The summed E-state index contributed by atoms with van der Waals surface area (Å²) in [4.78, 5) is 1.19. The quantitative estimate of drug-likeness (QED) is 0.762. The summed E-state index contributed by atoms with van der Waals surface area (Å²) >= 11 is 11.5. The summed E-state index contributed by atoms with van der Waals surface area (Å²) in [6.07, 6.45) is 0.899. The van der Waals surface area contributed by atoms with Crippen LogP contribution in [-0.2, 0) is 6.42 Å². The average molecular weight is 375 g/mol. The van der Waals surface area contributed by atoms with Gasteiger partial charge < -0.3 is 10.1 Å². The molecule has 0 bridgehead atoms. The molecule has 5 heteroatoms. The van der Waals surface area contributed by atoms with Crippen LogP contribution in [0.2, 0.25) is 5.02 Å². The van der Waals surface area contributed by atoms with Crippen LogP contribution in [0.1, 0.15) is 23.4 Å². The van der Waals surface area contributed by atoms with E-state index in [0.717, 1.165) is 28.2 Å². The van der Waals surface area contributed by atoms with Gasteiger partial charge in [-0.25, -0.2) is 0 Å². The fourth-order valence-corrected chi connectivity index (χ4v) is 3.98. The zero-order valence-electron chi connectivity index (χ0n) is 11.5. The van der Waals surface area contributed by atoms with Gasteiger partial charge >= 0.3 is 0 Å². The molecule has 0 aliphatic heterocycles. The van der Waals surface area contributed by atoms with Gasteiger partial charge in [-0.05, 0) is 58.0 Å². The van der Waals surface area contributed by atoms with Crippen molar-refractivity contribution in [1.82, 2.24) is 5.32 Å². The lowest BCUT2D eigenvalue weighted by Crippen LogP contribution is -2.22. The predicted octanol–water partition coefficient (Wildman–Crippen LogP) is 5.07. The Hall–Kier alpha value is -0.550. The van der Waals surface area contributed by atoms with Gasteiger partial charge in [-0.2, -0.15) is 0 Å². The van der Waals surface area contributed by atoms with Gasteiger partial charge in [0, 0.05) is 10.9 Å². The number of methoxy groups -OCH3 is 1. The normalized spacial score (nSPS) is 12.4. The topological polar surface area (TPSA) is 21.3 Å². The zero-order chi connectivity index (χ0) is 14.5. The standard InChI is InChI=1S/C15H17BrClNOS/c1-3-18-13(15-12(17)6-7-20-15)9-10-4-5-14(19-2)11(16)8-10/h4-8,13,18H,3,9H2,1-2H3. The number of hydrogen-bond donors (Lipinski definition) is 1. The Morgan fingerprint density at radius 3 is 2.75 bits per heavy atom. The molecule has 0 radical (unpaired) electrons. The number of halogens is 2. The molecule has 1 atom stereocenters. The molecule has 2 rings (SSSR count). The summed E-state index contributed by atoms with van der Waals surface area (Å²) < 4.78 is 6.24. The molecule has 0 fully saturated rings. The second-order valence-corrected chi connectivity index (χ2v) is 6.63. The maximum absolute atomic E-state index is 6.26. The summed E-state index contributed by atoms with van der Waals surface area (Å²) in [5.74, 6) is 0.850. The Bertz CT molecular complexity index is 573. The molecule has 0 saturated carbocycles. The van der Waals surface area contributed by atoms with Crippen LogP contribution < -0.4 is 10.1 Å². The van der Waals surface area contributed by atoms with E-state index in [1.807, 2.05) is 17.5 Å². The Morgan fingerprint density at radius 1 is 1.40 bits per heavy atom. The molecular weight excluding hydrogens is 358 g/mol. The van der Waals surface area contributed by atoms with Gasteiger partial charge in [0.15, 0.2) is 0 Å². The third kappa shape index (κ3) is 3.76. The number of thiophene rings is 1. The molecule has 20 heavy (non-hydrogen) atoms. The monoisotopic (exact) mass is 373 g/mol. The Morgan fingerprint density at radius 2 is 2.20 bits per heavy atom. The van der Waals surface area contributed by atoms with Gasteiger partial charge in [-0.15, -0.1) is 11.3 Å². The van der Waals surface area contributed by atoms with Crippen molar-refractivity contribution in [1.29, 1.82) is 0 Å². The van der Waals surface area contributed by atoms with Crippen LogP contribution in [0.25, 0.3) is 0 Å². The molecule has 108 valence electrons. The number of hydrogen-bond acceptors (Lipinski definition) is 3. The molecular formula is C15H17BrClNOS. The van der Waals surface area contributed by atoms with Gasteiger partial charge in [0.1, 0.15) is 5.75 Å². The highest BCUT2D eigenvalue weighted by molar-refractivity contribution is 9.10. The minimum Gasteiger partial charge on any atom is -0.496 e. The van der Waals surface area contributed by atoms with Crippen molar-refractivity contribution in [2.45, 2.75) is 19.4 Å². The second kappa shape index (κ2) is 7.46. The van der Waals surface area contributed by atoms with Crippen LogP contribution in [-0.4, -0.2) is 13.7 Å². The maximum atomic E-state index is 6.26. The minimum atomic E-state index is 0.243. The highest BCUT2D eigenvalue weighted by Crippen LogP contribution is 2.32. The van der Waals surface area contributed by atoms with E-state index in [1.54, 1.807) is 18.4 Å². The van der Waals surface area contributed by atoms with E-state index in [2.05, 4.69) is 40.3 Å². The number of nitrogens with one attached hydrogen (secondary N) is 1. The predicted molar refractivity (Wildman–Crippen MR) is 90.1 cm³/mol. The molecule has 2 nitrogen and oxygen atoms in total. The Kier molecular flexibility index (Phi) is 5.90. The summed E-state index contributed by atoms with van der Waals surface area (Å²) in [7, 11) is 1.67. The minimum absolute atomic E-state index is 0.243. The van der Waals surface area contributed by atoms with Crippen molar-refractivity contribution < 1.29 is 4.74 Å². The highest BCUT2D eigenvalue weighted by Gasteiger charge is 2.16. The molecule has 1 aromatic carbocycles. The van der Waals surface area contributed by atoms with Crippen LogP contribution in [0, 0.1) is 0 Å². The summed E-state index contributed by atoms with van der Waals surface area (Å²) in [6.45, 7) is 3.02. The highest BCUT2D eigenvalue weighted by atomic mass is 79.9. The molecule has 0 aliphatic carbocycles. The van der Waals surface area contributed by atoms with Gasteiger partial charge in [0.25, 0.3) is 0 Å².